The second-order valence-corrected chi connectivity index (χ2v) is 5.95. The first kappa shape index (κ1) is 16.0. The number of allylic oxidation sites excluding steroid dienone is 1. The van der Waals surface area contributed by atoms with Crippen molar-refractivity contribution in [3.63, 3.8) is 0 Å². The number of β-lactam (4-membered cyclic amide) rings is 1. The third kappa shape index (κ3) is 2.95. The molecule has 0 N–H and O–H groups in total. The molecule has 0 aromatic rings. The van der Waals surface area contributed by atoms with Gasteiger partial charge in [-0.3, -0.25) is 19.3 Å². The van der Waals surface area contributed by atoms with Gasteiger partial charge in [0.2, 0.25) is 12.7 Å². The molecule has 0 aromatic heterocycles. The Bertz CT molecular complexity index is 546. The number of rotatable bonds is 4. The predicted molar refractivity (Wildman–Crippen MR) is 70.8 cm³/mol. The van der Waals surface area contributed by atoms with Crippen LogP contribution in [0.1, 0.15) is 27.2 Å². The van der Waals surface area contributed by atoms with Gasteiger partial charge in [-0.2, -0.15) is 0 Å². The summed E-state index contributed by atoms with van der Waals surface area (Å²) in [6.45, 7) is 4.43. The van der Waals surface area contributed by atoms with E-state index in [1.165, 1.54) is 4.90 Å². The van der Waals surface area contributed by atoms with Crippen molar-refractivity contribution in [3.8, 4) is 0 Å². The highest BCUT2D eigenvalue weighted by Gasteiger charge is 2.54. The molecule has 0 spiro atoms. The van der Waals surface area contributed by atoms with E-state index in [1.54, 1.807) is 20.8 Å². The number of ether oxygens (including phenoxy) is 3. The lowest BCUT2D eigenvalue weighted by Gasteiger charge is -2.33. The third-order valence-electron chi connectivity index (χ3n) is 3.23. The van der Waals surface area contributed by atoms with Gasteiger partial charge in [-0.25, -0.2) is 4.79 Å². The summed E-state index contributed by atoms with van der Waals surface area (Å²) in [6.07, 6.45) is 1.14. The molecule has 0 radical (unpaired) electrons. The van der Waals surface area contributed by atoms with Gasteiger partial charge in [0, 0.05) is 6.08 Å². The van der Waals surface area contributed by atoms with Crippen molar-refractivity contribution in [1.29, 1.82) is 0 Å². The standard InChI is InChI=1S/C14H17NO7/c1-14(2,3)13(19)21-7-20-12(18)11-8(4-5-16)22-10-6-9(17)15(10)11/h4-5,10-11H,6-7H2,1-3H3/t10-,11?/m1/s1. The second-order valence-electron chi connectivity index (χ2n) is 5.95. The molecule has 2 aliphatic heterocycles. The monoisotopic (exact) mass is 311 g/mol. The van der Waals surface area contributed by atoms with Gasteiger partial charge in [0.1, 0.15) is 12.0 Å². The van der Waals surface area contributed by atoms with Gasteiger partial charge in [0.05, 0.1) is 11.8 Å². The van der Waals surface area contributed by atoms with Crippen LogP contribution in [0.3, 0.4) is 0 Å². The second kappa shape index (κ2) is 5.78. The van der Waals surface area contributed by atoms with Crippen LogP contribution in [0.5, 0.6) is 0 Å². The summed E-state index contributed by atoms with van der Waals surface area (Å²) < 4.78 is 15.0. The number of amides is 1. The smallest absolute Gasteiger partial charge is 0.339 e. The first-order valence-electron chi connectivity index (χ1n) is 6.72. The van der Waals surface area contributed by atoms with Gasteiger partial charge in [-0.15, -0.1) is 0 Å². The van der Waals surface area contributed by atoms with Gasteiger partial charge < -0.3 is 14.2 Å². The number of fused-ring (bicyclic) bond motifs is 1. The molecule has 2 heterocycles. The van der Waals surface area contributed by atoms with Crippen LogP contribution in [0.4, 0.5) is 0 Å². The van der Waals surface area contributed by atoms with E-state index in [1.807, 2.05) is 0 Å². The molecular formula is C14H17NO7. The molecule has 0 aromatic carbocycles. The predicted octanol–water partition coefficient (Wildman–Crippen LogP) is 0.116. The number of aldehydes is 1. The Morgan fingerprint density at radius 2 is 2.05 bits per heavy atom. The normalized spacial score (nSPS) is 25.1. The maximum atomic E-state index is 12.1. The van der Waals surface area contributed by atoms with Crippen LogP contribution in [0.15, 0.2) is 11.8 Å². The van der Waals surface area contributed by atoms with Crippen LogP contribution in [0.25, 0.3) is 0 Å². The lowest BCUT2D eigenvalue weighted by atomic mass is 9.98. The molecule has 0 aliphatic carbocycles. The maximum absolute atomic E-state index is 12.1. The third-order valence-corrected chi connectivity index (χ3v) is 3.23. The van der Waals surface area contributed by atoms with Crippen LogP contribution in [0, 0.1) is 5.41 Å². The van der Waals surface area contributed by atoms with Gasteiger partial charge in [0.15, 0.2) is 12.3 Å². The largest absolute Gasteiger partial charge is 0.471 e. The molecule has 2 rings (SSSR count). The molecule has 1 amide bonds. The number of carbonyl (C=O) groups is 4. The highest BCUT2D eigenvalue weighted by atomic mass is 16.7. The Morgan fingerprint density at radius 1 is 1.36 bits per heavy atom. The number of nitrogens with zero attached hydrogens (tertiary/aromatic N) is 1. The maximum Gasteiger partial charge on any atom is 0.339 e. The van der Waals surface area contributed by atoms with Crippen molar-refractivity contribution in [3.05, 3.63) is 11.8 Å². The molecule has 2 fully saturated rings. The van der Waals surface area contributed by atoms with Crippen LogP contribution < -0.4 is 0 Å². The Hall–Kier alpha value is -2.38. The molecule has 2 saturated heterocycles. The van der Waals surface area contributed by atoms with E-state index in [0.29, 0.717) is 6.29 Å². The summed E-state index contributed by atoms with van der Waals surface area (Å²) >= 11 is 0. The van der Waals surface area contributed by atoms with E-state index in [0.717, 1.165) is 6.08 Å². The zero-order valence-electron chi connectivity index (χ0n) is 12.5. The van der Waals surface area contributed by atoms with Gasteiger partial charge in [-0.05, 0) is 20.8 Å². The minimum absolute atomic E-state index is 0.0537. The molecular weight excluding hydrogens is 294 g/mol. The van der Waals surface area contributed by atoms with Crippen molar-refractivity contribution >= 4 is 24.1 Å². The fourth-order valence-corrected chi connectivity index (χ4v) is 2.03. The summed E-state index contributed by atoms with van der Waals surface area (Å²) in [5, 5.41) is 0. The van der Waals surface area contributed by atoms with Crippen molar-refractivity contribution in [2.24, 2.45) is 5.41 Å². The Kier molecular flexibility index (Phi) is 4.20. The minimum Gasteiger partial charge on any atom is -0.471 e. The van der Waals surface area contributed by atoms with E-state index in [-0.39, 0.29) is 18.1 Å². The van der Waals surface area contributed by atoms with E-state index in [9.17, 15) is 19.2 Å². The SMILES string of the molecule is CC(C)(C)C(=O)OCOC(=O)C1C(=CC=O)O[C@@H]2CC(=O)N12. The molecule has 8 nitrogen and oxygen atoms in total. The first-order chi connectivity index (χ1) is 10.3. The van der Waals surface area contributed by atoms with Crippen LogP contribution in [0.2, 0.25) is 0 Å². The Balaban J connectivity index is 1.96. The van der Waals surface area contributed by atoms with Crippen LogP contribution >= 0.6 is 0 Å². The van der Waals surface area contributed by atoms with Gasteiger partial charge in [-0.1, -0.05) is 0 Å². The number of hydrogen-bond donors (Lipinski definition) is 0. The number of carbonyl (C=O) groups excluding carboxylic acids is 4. The van der Waals surface area contributed by atoms with Crippen molar-refractivity contribution in [1.82, 2.24) is 4.90 Å². The van der Waals surface area contributed by atoms with Crippen molar-refractivity contribution < 1.29 is 33.4 Å². The molecule has 22 heavy (non-hydrogen) atoms. The molecule has 2 aliphatic rings. The quantitative estimate of drug-likeness (QED) is 0.239. The van der Waals surface area contributed by atoms with E-state index >= 15 is 0 Å². The fourth-order valence-electron chi connectivity index (χ4n) is 2.03. The summed E-state index contributed by atoms with van der Waals surface area (Å²) in [5.41, 5.74) is -0.718. The van der Waals surface area contributed by atoms with Crippen molar-refractivity contribution in [2.75, 3.05) is 6.79 Å². The molecule has 8 heteroatoms. The average molecular weight is 311 g/mol. The topological polar surface area (TPSA) is 99.2 Å². The fraction of sp³-hybridized carbons (Fsp3) is 0.571. The van der Waals surface area contributed by atoms with Gasteiger partial charge >= 0.3 is 11.9 Å². The lowest BCUT2D eigenvalue weighted by molar-refractivity contribution is -0.179. The number of esters is 2. The molecule has 120 valence electrons. The summed E-state index contributed by atoms with van der Waals surface area (Å²) in [5.74, 6) is -1.55. The Labute approximate surface area is 127 Å². The van der Waals surface area contributed by atoms with E-state index in [2.05, 4.69) is 0 Å². The highest BCUT2D eigenvalue weighted by molar-refractivity contribution is 5.92. The van der Waals surface area contributed by atoms with Crippen molar-refractivity contribution in [2.45, 2.75) is 39.5 Å². The molecule has 0 bridgehead atoms. The van der Waals surface area contributed by atoms with E-state index in [4.69, 9.17) is 14.2 Å². The molecule has 0 saturated carbocycles. The lowest BCUT2D eigenvalue weighted by Crippen LogP contribution is -2.55. The minimum atomic E-state index is -1.11. The van der Waals surface area contributed by atoms with Crippen LogP contribution in [-0.2, 0) is 33.4 Å². The zero-order valence-corrected chi connectivity index (χ0v) is 12.5. The summed E-state index contributed by atoms with van der Waals surface area (Å²) in [6, 6.07) is -1.11. The highest BCUT2D eigenvalue weighted by Crippen LogP contribution is 2.36. The van der Waals surface area contributed by atoms with Crippen LogP contribution in [-0.4, -0.2) is 48.1 Å². The zero-order chi connectivity index (χ0) is 16.5. The average Bonchev–Trinajstić information content (AvgIpc) is 2.70. The Morgan fingerprint density at radius 3 is 2.59 bits per heavy atom. The first-order valence-corrected chi connectivity index (χ1v) is 6.72. The molecule has 1 unspecified atom stereocenters. The number of hydrogen-bond acceptors (Lipinski definition) is 7. The van der Waals surface area contributed by atoms with Gasteiger partial charge in [0.25, 0.3) is 0 Å². The summed E-state index contributed by atoms with van der Waals surface area (Å²) in [4.78, 5) is 46.9. The van der Waals surface area contributed by atoms with E-state index < -0.39 is 36.4 Å². The molecule has 2 atom stereocenters. The summed E-state index contributed by atoms with van der Waals surface area (Å²) in [7, 11) is 0.